The number of nitrogens with zero attached hydrogens (tertiary/aromatic N) is 1. The Morgan fingerprint density at radius 3 is 2.14 bits per heavy atom. The van der Waals surface area contributed by atoms with Crippen LogP contribution < -0.4 is 5.32 Å². The van der Waals surface area contributed by atoms with Crippen LogP contribution in [0.15, 0.2) is 34.9 Å². The smallest absolute Gasteiger partial charge is 0.416 e. The zero-order valence-electron chi connectivity index (χ0n) is 14.2. The first kappa shape index (κ1) is 22.5. The molecule has 11 heteroatoms. The van der Waals surface area contributed by atoms with Crippen molar-refractivity contribution in [1.29, 1.82) is 0 Å². The predicted molar refractivity (Wildman–Crippen MR) is 88.6 cm³/mol. The summed E-state index contributed by atoms with van der Waals surface area (Å²) in [6.45, 7) is 1.45. The Kier molecular flexibility index (Phi) is 6.67. The number of piperazine rings is 1. The molecule has 1 fully saturated rings. The number of furan rings is 1. The lowest BCUT2D eigenvalue weighted by Crippen LogP contribution is -2.46. The van der Waals surface area contributed by atoms with Crippen molar-refractivity contribution < 1.29 is 35.2 Å². The second kappa shape index (κ2) is 8.30. The van der Waals surface area contributed by atoms with Crippen molar-refractivity contribution in [2.45, 2.75) is 18.4 Å². The maximum Gasteiger partial charge on any atom is 0.416 e. The molecule has 1 N–H and O–H groups in total. The minimum absolute atomic E-state index is 0. The van der Waals surface area contributed by atoms with Crippen LogP contribution in [0.25, 0.3) is 0 Å². The van der Waals surface area contributed by atoms with E-state index in [0.717, 1.165) is 0 Å². The highest BCUT2D eigenvalue weighted by Gasteiger charge is 2.43. The number of alkyl halides is 6. The zero-order chi connectivity index (χ0) is 19.8. The molecule has 156 valence electrons. The van der Waals surface area contributed by atoms with Gasteiger partial charge in [-0.15, -0.1) is 12.4 Å². The topological polar surface area (TPSA) is 28.4 Å². The third-order valence-corrected chi connectivity index (χ3v) is 4.37. The van der Waals surface area contributed by atoms with Gasteiger partial charge in [-0.25, -0.2) is 4.39 Å². The minimum atomic E-state index is -5.17. The highest BCUT2D eigenvalue weighted by atomic mass is 35.5. The summed E-state index contributed by atoms with van der Waals surface area (Å²) in [7, 11) is 0. The van der Waals surface area contributed by atoms with E-state index in [2.05, 4.69) is 5.32 Å². The Balaban J connectivity index is 0.00000280. The van der Waals surface area contributed by atoms with Gasteiger partial charge in [0.1, 0.15) is 11.6 Å². The molecule has 0 spiro atoms. The Labute approximate surface area is 161 Å². The largest absolute Gasteiger partial charge is 0.467 e. The third-order valence-electron chi connectivity index (χ3n) is 4.37. The molecule has 3 nitrogen and oxygen atoms in total. The summed E-state index contributed by atoms with van der Waals surface area (Å²) in [4.78, 5) is 1.55. The molecule has 3 rings (SSSR count). The Bertz CT molecular complexity index is 784. The van der Waals surface area contributed by atoms with Crippen molar-refractivity contribution in [1.82, 2.24) is 10.2 Å². The summed E-state index contributed by atoms with van der Waals surface area (Å²) in [6, 6.07) is 1.57. The predicted octanol–water partition coefficient (Wildman–Crippen LogP) is 4.87. The fraction of sp³-hybridized carbons (Fsp3) is 0.412. The molecule has 1 atom stereocenters. The second-order valence-electron chi connectivity index (χ2n) is 6.12. The summed E-state index contributed by atoms with van der Waals surface area (Å²) in [5, 5.41) is 3.02. The monoisotopic (exact) mass is 432 g/mol. The van der Waals surface area contributed by atoms with Crippen LogP contribution in [0.2, 0.25) is 0 Å². The molecule has 0 aliphatic carbocycles. The highest BCUT2D eigenvalue weighted by Crippen LogP contribution is 2.43. The van der Waals surface area contributed by atoms with Gasteiger partial charge in [0.05, 0.1) is 23.4 Å². The third kappa shape index (κ3) is 4.61. The van der Waals surface area contributed by atoms with Crippen LogP contribution in [-0.4, -0.2) is 31.1 Å². The first-order valence-electron chi connectivity index (χ1n) is 8.05. The lowest BCUT2D eigenvalue weighted by Gasteiger charge is -2.35. The fourth-order valence-corrected chi connectivity index (χ4v) is 3.19. The van der Waals surface area contributed by atoms with Crippen molar-refractivity contribution in [3.63, 3.8) is 0 Å². The molecular formula is C17H16ClF7N2O. The van der Waals surface area contributed by atoms with E-state index in [9.17, 15) is 30.7 Å². The van der Waals surface area contributed by atoms with Crippen LogP contribution >= 0.6 is 12.4 Å². The van der Waals surface area contributed by atoms with E-state index in [-0.39, 0.29) is 43.4 Å². The minimum Gasteiger partial charge on any atom is -0.467 e. The lowest BCUT2D eigenvalue weighted by atomic mass is 9.93. The van der Waals surface area contributed by atoms with Crippen molar-refractivity contribution in [2.24, 2.45) is 0 Å². The first-order valence-corrected chi connectivity index (χ1v) is 8.05. The summed E-state index contributed by atoms with van der Waals surface area (Å²) in [6.07, 6.45) is -9.05. The van der Waals surface area contributed by atoms with Crippen molar-refractivity contribution in [3.05, 3.63) is 58.8 Å². The van der Waals surface area contributed by atoms with E-state index >= 15 is 0 Å². The van der Waals surface area contributed by atoms with Gasteiger partial charge < -0.3 is 9.73 Å². The van der Waals surface area contributed by atoms with Crippen molar-refractivity contribution in [3.8, 4) is 0 Å². The molecule has 1 aliphatic heterocycles. The van der Waals surface area contributed by atoms with Crippen molar-refractivity contribution >= 4 is 12.4 Å². The standard InChI is InChI=1S/C17H15F7N2O.ClH/c18-12-9-10(16(19,20)21)8-11(17(22,23)24)14(12)15(13-2-1-7-27-13)26-5-3-25-4-6-26;/h1-2,7-9,15,25H,3-6H2;1H/t15-;/m0./s1. The van der Waals surface area contributed by atoms with Gasteiger partial charge in [0.15, 0.2) is 0 Å². The molecule has 0 saturated carbocycles. The lowest BCUT2D eigenvalue weighted by molar-refractivity contribution is -0.144. The van der Waals surface area contributed by atoms with Gasteiger partial charge in [0.25, 0.3) is 0 Å². The fourth-order valence-electron chi connectivity index (χ4n) is 3.19. The van der Waals surface area contributed by atoms with Crippen LogP contribution in [0.1, 0.15) is 28.5 Å². The zero-order valence-corrected chi connectivity index (χ0v) is 15.0. The van der Waals surface area contributed by atoms with Gasteiger partial charge in [0.2, 0.25) is 0 Å². The molecule has 0 bridgehead atoms. The SMILES string of the molecule is Cl.Fc1cc(C(F)(F)F)cc(C(F)(F)F)c1[C@H](c1ccco1)N1CCNCC1. The molecule has 28 heavy (non-hydrogen) atoms. The molecule has 1 aromatic heterocycles. The second-order valence-corrected chi connectivity index (χ2v) is 6.12. The molecular weight excluding hydrogens is 417 g/mol. The van der Waals surface area contributed by atoms with Gasteiger partial charge in [-0.1, -0.05) is 0 Å². The number of nitrogens with one attached hydrogen (secondary N) is 1. The number of hydrogen-bond donors (Lipinski definition) is 1. The molecule has 0 amide bonds. The van der Waals surface area contributed by atoms with E-state index in [4.69, 9.17) is 4.42 Å². The van der Waals surface area contributed by atoms with Crippen LogP contribution in [0.3, 0.4) is 0 Å². The molecule has 1 aromatic carbocycles. The van der Waals surface area contributed by atoms with Gasteiger partial charge in [-0.05, 0) is 24.3 Å². The van der Waals surface area contributed by atoms with E-state index in [1.54, 1.807) is 4.90 Å². The first-order chi connectivity index (χ1) is 12.6. The summed E-state index contributed by atoms with van der Waals surface area (Å²) in [5.74, 6) is -1.54. The Hall–Kier alpha value is -1.78. The Morgan fingerprint density at radius 2 is 1.64 bits per heavy atom. The molecule has 2 aromatic rings. The van der Waals surface area contributed by atoms with Crippen LogP contribution in [0.4, 0.5) is 30.7 Å². The van der Waals surface area contributed by atoms with E-state index in [1.165, 1.54) is 18.4 Å². The van der Waals surface area contributed by atoms with Crippen LogP contribution in [0, 0.1) is 5.82 Å². The molecule has 1 saturated heterocycles. The number of rotatable bonds is 3. The number of benzene rings is 1. The maximum absolute atomic E-state index is 14.7. The quantitative estimate of drug-likeness (QED) is 0.701. The van der Waals surface area contributed by atoms with E-state index in [1.807, 2.05) is 0 Å². The number of hydrogen-bond acceptors (Lipinski definition) is 3. The van der Waals surface area contributed by atoms with Crippen molar-refractivity contribution in [2.75, 3.05) is 26.2 Å². The molecule has 2 heterocycles. The van der Waals surface area contributed by atoms with Crippen LogP contribution in [0.5, 0.6) is 0 Å². The average Bonchev–Trinajstić information content (AvgIpc) is 3.09. The maximum atomic E-state index is 14.7. The summed E-state index contributed by atoms with van der Waals surface area (Å²) in [5.41, 5.74) is -4.21. The van der Waals surface area contributed by atoms with Gasteiger partial charge in [0, 0.05) is 31.7 Å². The Morgan fingerprint density at radius 1 is 1.00 bits per heavy atom. The summed E-state index contributed by atoms with van der Waals surface area (Å²) >= 11 is 0. The normalized spacial score (nSPS) is 17.2. The molecule has 1 aliphatic rings. The number of halogens is 8. The van der Waals surface area contributed by atoms with E-state index in [0.29, 0.717) is 13.1 Å². The van der Waals surface area contributed by atoms with Gasteiger partial charge in [-0.3, -0.25) is 4.90 Å². The molecule has 0 radical (unpaired) electrons. The van der Waals surface area contributed by atoms with Crippen LogP contribution in [-0.2, 0) is 12.4 Å². The van der Waals surface area contributed by atoms with Gasteiger partial charge in [-0.2, -0.15) is 26.3 Å². The van der Waals surface area contributed by atoms with E-state index < -0.39 is 40.9 Å². The highest BCUT2D eigenvalue weighted by molar-refractivity contribution is 5.85. The molecule has 0 unspecified atom stereocenters. The van der Waals surface area contributed by atoms with Gasteiger partial charge >= 0.3 is 12.4 Å². The average molecular weight is 433 g/mol. The summed E-state index contributed by atoms with van der Waals surface area (Å²) < 4.78 is 99.4.